The van der Waals surface area contributed by atoms with Gasteiger partial charge in [0.25, 0.3) is 11.6 Å². The Morgan fingerprint density at radius 2 is 2.00 bits per heavy atom. The molecule has 0 fully saturated rings. The molecule has 0 saturated heterocycles. The number of hydrogen-bond donors (Lipinski definition) is 1. The van der Waals surface area contributed by atoms with Gasteiger partial charge in [-0.3, -0.25) is 14.8 Å². The maximum atomic E-state index is 13.3. The number of rotatable bonds is 4. The molecule has 4 aromatic heterocycles. The minimum Gasteiger partial charge on any atom is -0.335 e. The summed E-state index contributed by atoms with van der Waals surface area (Å²) in [6.45, 7) is 4.53. The van der Waals surface area contributed by atoms with Crippen molar-refractivity contribution in [2.24, 2.45) is 7.05 Å². The number of fused-ring (bicyclic) bond motifs is 2. The second-order valence-electron chi connectivity index (χ2n) is 7.00. The molecule has 0 saturated carbocycles. The topological polar surface area (TPSA) is 104 Å². The molecule has 4 heterocycles. The smallest absolute Gasteiger partial charge is 0.259 e. The highest BCUT2D eigenvalue weighted by Gasteiger charge is 2.21. The van der Waals surface area contributed by atoms with Crippen LogP contribution < -0.4 is 5.32 Å². The minimum absolute atomic E-state index is 0.297. The number of aryl methyl sites for hydroxylation is 3. The predicted octanol–water partition coefficient (Wildman–Crippen LogP) is 3.55. The zero-order valence-corrected chi connectivity index (χ0v) is 16.7. The van der Waals surface area contributed by atoms with Crippen LogP contribution in [0, 0.1) is 6.92 Å². The standard InChI is InChI=1S/C21H19N7O2/c1-4-28-10-9-14(25-28)16-11-13(18-12(2)26-30-20(18)22-16)19(29)24-21-23-15-7-5-6-8-17(15)27(21)3/h5-11H,4H2,1-3H3,(H,23,24,29). The first-order valence-electron chi connectivity index (χ1n) is 9.59. The zero-order valence-electron chi connectivity index (χ0n) is 16.7. The largest absolute Gasteiger partial charge is 0.335 e. The van der Waals surface area contributed by atoms with Crippen LogP contribution >= 0.6 is 0 Å². The van der Waals surface area contributed by atoms with Crippen LogP contribution in [0.25, 0.3) is 33.5 Å². The number of imidazole rings is 1. The van der Waals surface area contributed by atoms with Gasteiger partial charge in [0.2, 0.25) is 5.95 Å². The number of aromatic nitrogens is 6. The molecular formula is C21H19N7O2. The number of para-hydroxylation sites is 2. The van der Waals surface area contributed by atoms with Crippen LogP contribution in [0.1, 0.15) is 23.0 Å². The lowest BCUT2D eigenvalue weighted by Crippen LogP contribution is -2.16. The van der Waals surface area contributed by atoms with E-state index in [1.54, 1.807) is 17.7 Å². The Balaban J connectivity index is 1.60. The van der Waals surface area contributed by atoms with E-state index >= 15 is 0 Å². The highest BCUT2D eigenvalue weighted by atomic mass is 16.5. The fraction of sp³-hybridized carbons (Fsp3) is 0.190. The molecule has 1 amide bonds. The molecular weight excluding hydrogens is 382 g/mol. The molecule has 0 radical (unpaired) electrons. The zero-order chi connectivity index (χ0) is 20.8. The Morgan fingerprint density at radius 3 is 2.77 bits per heavy atom. The Hall–Kier alpha value is -4.01. The van der Waals surface area contributed by atoms with Gasteiger partial charge in [-0.25, -0.2) is 9.97 Å². The van der Waals surface area contributed by atoms with Crippen LogP contribution in [-0.2, 0) is 13.6 Å². The first kappa shape index (κ1) is 18.0. The highest BCUT2D eigenvalue weighted by Crippen LogP contribution is 2.27. The molecule has 30 heavy (non-hydrogen) atoms. The average Bonchev–Trinajstić information content (AvgIpc) is 3.46. The van der Waals surface area contributed by atoms with E-state index in [-0.39, 0.29) is 5.91 Å². The summed E-state index contributed by atoms with van der Waals surface area (Å²) in [5.74, 6) is 0.139. The van der Waals surface area contributed by atoms with Crippen LogP contribution in [0.4, 0.5) is 5.95 Å². The minimum atomic E-state index is -0.316. The third-order valence-corrected chi connectivity index (χ3v) is 5.10. The Kier molecular flexibility index (Phi) is 4.09. The molecule has 5 rings (SSSR count). The van der Waals surface area contributed by atoms with Crippen LogP contribution in [-0.4, -0.2) is 35.4 Å². The number of pyridine rings is 1. The molecule has 0 aliphatic carbocycles. The third-order valence-electron chi connectivity index (χ3n) is 5.10. The summed E-state index contributed by atoms with van der Waals surface area (Å²) in [5.41, 5.74) is 4.24. The molecule has 5 aromatic rings. The van der Waals surface area contributed by atoms with Gasteiger partial charge in [0.1, 0.15) is 5.69 Å². The lowest BCUT2D eigenvalue weighted by molar-refractivity contribution is 0.102. The second kappa shape index (κ2) is 6.80. The Morgan fingerprint density at radius 1 is 1.17 bits per heavy atom. The van der Waals surface area contributed by atoms with Crippen LogP contribution in [0.2, 0.25) is 0 Å². The number of hydrogen-bond acceptors (Lipinski definition) is 6. The van der Waals surface area contributed by atoms with Crippen LogP contribution in [0.3, 0.4) is 0 Å². The normalized spacial score (nSPS) is 11.4. The number of nitrogens with one attached hydrogen (secondary N) is 1. The summed E-state index contributed by atoms with van der Waals surface area (Å²) in [7, 11) is 1.86. The summed E-state index contributed by atoms with van der Waals surface area (Å²) < 4.78 is 9.00. The fourth-order valence-electron chi connectivity index (χ4n) is 3.51. The summed E-state index contributed by atoms with van der Waals surface area (Å²) in [6.07, 6.45) is 1.87. The molecule has 1 N–H and O–H groups in total. The molecule has 150 valence electrons. The fourth-order valence-corrected chi connectivity index (χ4v) is 3.51. The molecule has 0 atom stereocenters. The molecule has 0 aliphatic heterocycles. The maximum absolute atomic E-state index is 13.3. The van der Waals surface area contributed by atoms with Gasteiger partial charge in [-0.05, 0) is 38.1 Å². The summed E-state index contributed by atoms with van der Waals surface area (Å²) in [5, 5.41) is 12.0. The number of benzene rings is 1. The van der Waals surface area contributed by atoms with Crippen molar-refractivity contribution in [3.8, 4) is 11.4 Å². The van der Waals surface area contributed by atoms with Gasteiger partial charge in [-0.1, -0.05) is 17.3 Å². The van der Waals surface area contributed by atoms with Crippen molar-refractivity contribution >= 4 is 34.0 Å². The van der Waals surface area contributed by atoms with Crippen molar-refractivity contribution in [3.05, 3.63) is 53.9 Å². The quantitative estimate of drug-likeness (QED) is 0.494. The summed E-state index contributed by atoms with van der Waals surface area (Å²) in [6, 6.07) is 11.3. The van der Waals surface area contributed by atoms with Gasteiger partial charge in [0, 0.05) is 19.8 Å². The number of anilines is 1. The molecule has 0 spiro atoms. The average molecular weight is 401 g/mol. The number of amides is 1. The van der Waals surface area contributed by atoms with Gasteiger partial charge >= 0.3 is 0 Å². The Bertz CT molecular complexity index is 1410. The van der Waals surface area contributed by atoms with Crippen molar-refractivity contribution in [2.45, 2.75) is 20.4 Å². The maximum Gasteiger partial charge on any atom is 0.259 e. The van der Waals surface area contributed by atoms with E-state index < -0.39 is 0 Å². The second-order valence-corrected chi connectivity index (χ2v) is 7.00. The van der Waals surface area contributed by atoms with E-state index in [2.05, 4.69) is 25.5 Å². The molecule has 0 aliphatic rings. The summed E-state index contributed by atoms with van der Waals surface area (Å²) >= 11 is 0. The third kappa shape index (κ3) is 2.83. The van der Waals surface area contributed by atoms with Crippen molar-refractivity contribution < 1.29 is 9.32 Å². The van der Waals surface area contributed by atoms with Gasteiger partial charge < -0.3 is 9.09 Å². The first-order valence-corrected chi connectivity index (χ1v) is 9.59. The molecule has 0 unspecified atom stereocenters. The van der Waals surface area contributed by atoms with Crippen molar-refractivity contribution in [2.75, 3.05) is 5.32 Å². The SMILES string of the molecule is CCn1ccc(-c2cc(C(=O)Nc3nc4ccccc4n3C)c3c(C)noc3n2)n1. The van der Waals surface area contributed by atoms with Gasteiger partial charge in [0.05, 0.1) is 33.4 Å². The van der Waals surface area contributed by atoms with Crippen molar-refractivity contribution in [1.29, 1.82) is 0 Å². The van der Waals surface area contributed by atoms with E-state index in [0.29, 0.717) is 39.7 Å². The number of nitrogens with zero attached hydrogens (tertiary/aromatic N) is 6. The number of carbonyl (C=O) groups excluding carboxylic acids is 1. The van der Waals surface area contributed by atoms with E-state index in [0.717, 1.165) is 17.6 Å². The van der Waals surface area contributed by atoms with E-state index in [4.69, 9.17) is 4.52 Å². The van der Waals surface area contributed by atoms with Crippen LogP contribution in [0.5, 0.6) is 0 Å². The van der Waals surface area contributed by atoms with Crippen LogP contribution in [0.15, 0.2) is 47.1 Å². The lowest BCUT2D eigenvalue weighted by atomic mass is 10.1. The van der Waals surface area contributed by atoms with Gasteiger partial charge in [0.15, 0.2) is 0 Å². The predicted molar refractivity (Wildman–Crippen MR) is 112 cm³/mol. The number of carbonyl (C=O) groups is 1. The summed E-state index contributed by atoms with van der Waals surface area (Å²) in [4.78, 5) is 22.3. The van der Waals surface area contributed by atoms with E-state index in [1.807, 2.05) is 55.1 Å². The molecule has 1 aromatic carbocycles. The van der Waals surface area contributed by atoms with Gasteiger partial charge in [-0.15, -0.1) is 0 Å². The monoisotopic (exact) mass is 401 g/mol. The first-order chi connectivity index (χ1) is 14.5. The van der Waals surface area contributed by atoms with Crippen molar-refractivity contribution in [3.63, 3.8) is 0 Å². The van der Waals surface area contributed by atoms with E-state index in [9.17, 15) is 4.79 Å². The van der Waals surface area contributed by atoms with Gasteiger partial charge in [-0.2, -0.15) is 5.10 Å². The Labute approximate surface area is 171 Å². The van der Waals surface area contributed by atoms with E-state index in [1.165, 1.54) is 0 Å². The lowest BCUT2D eigenvalue weighted by Gasteiger charge is -2.07. The molecule has 0 bridgehead atoms. The molecule has 9 heteroatoms. The highest BCUT2D eigenvalue weighted by molar-refractivity contribution is 6.12. The molecule has 9 nitrogen and oxygen atoms in total. The van der Waals surface area contributed by atoms with Crippen molar-refractivity contribution in [1.82, 2.24) is 29.5 Å².